The lowest BCUT2D eigenvalue weighted by Crippen LogP contribution is -2.00. The molecule has 0 aliphatic rings. The molecule has 0 fully saturated rings. The fourth-order valence-corrected chi connectivity index (χ4v) is 2.69. The Kier molecular flexibility index (Phi) is 5.77. The van der Waals surface area contributed by atoms with Gasteiger partial charge in [0, 0.05) is 6.54 Å². The van der Waals surface area contributed by atoms with Crippen molar-refractivity contribution in [2.24, 2.45) is 0 Å². The van der Waals surface area contributed by atoms with Gasteiger partial charge in [-0.15, -0.1) is 0 Å². The first kappa shape index (κ1) is 16.3. The van der Waals surface area contributed by atoms with Crippen molar-refractivity contribution in [2.75, 3.05) is 11.9 Å². The van der Waals surface area contributed by atoms with Crippen molar-refractivity contribution in [3.8, 4) is 5.75 Å². The van der Waals surface area contributed by atoms with Crippen LogP contribution in [0.2, 0.25) is 0 Å². The summed E-state index contributed by atoms with van der Waals surface area (Å²) in [6.07, 6.45) is 2.17. The number of rotatable bonds is 8. The molecular weight excluding hydrogens is 300 g/mol. The molecule has 1 aromatic carbocycles. The number of nitrogens with zero attached hydrogens (tertiary/aromatic N) is 1. The molecule has 0 aliphatic carbocycles. The summed E-state index contributed by atoms with van der Waals surface area (Å²) in [5.74, 6) is -0.0629. The molecule has 2 aromatic rings. The lowest BCUT2D eigenvalue weighted by molar-refractivity contribution is 0.0701. The first-order valence-corrected chi connectivity index (χ1v) is 8.08. The SMILES string of the molecule is CCCCOc1ccc(CNc2nc(C)c(C(=O)O)s2)cc1. The largest absolute Gasteiger partial charge is 0.494 e. The summed E-state index contributed by atoms with van der Waals surface area (Å²) in [6, 6.07) is 7.88. The van der Waals surface area contributed by atoms with E-state index in [1.807, 2.05) is 24.3 Å². The van der Waals surface area contributed by atoms with Crippen molar-refractivity contribution in [2.45, 2.75) is 33.2 Å². The number of carboxylic acids is 1. The second-order valence-electron chi connectivity index (χ2n) is 4.94. The van der Waals surface area contributed by atoms with Gasteiger partial charge in [0.05, 0.1) is 12.3 Å². The number of hydrogen-bond acceptors (Lipinski definition) is 5. The van der Waals surface area contributed by atoms with Crippen molar-refractivity contribution < 1.29 is 14.6 Å². The molecule has 118 valence electrons. The molecule has 0 saturated carbocycles. The summed E-state index contributed by atoms with van der Waals surface area (Å²) in [5, 5.41) is 12.8. The number of aromatic carboxylic acids is 1. The Hall–Kier alpha value is -2.08. The van der Waals surface area contributed by atoms with Gasteiger partial charge >= 0.3 is 5.97 Å². The molecule has 6 heteroatoms. The van der Waals surface area contributed by atoms with Gasteiger partial charge in [0.15, 0.2) is 5.13 Å². The van der Waals surface area contributed by atoms with Crippen molar-refractivity contribution in [3.63, 3.8) is 0 Å². The maximum absolute atomic E-state index is 11.0. The monoisotopic (exact) mass is 320 g/mol. The second kappa shape index (κ2) is 7.79. The third kappa shape index (κ3) is 4.46. The van der Waals surface area contributed by atoms with Crippen LogP contribution >= 0.6 is 11.3 Å². The van der Waals surface area contributed by atoms with Crippen molar-refractivity contribution in [1.82, 2.24) is 4.98 Å². The average molecular weight is 320 g/mol. The van der Waals surface area contributed by atoms with E-state index in [-0.39, 0.29) is 4.88 Å². The van der Waals surface area contributed by atoms with Crippen molar-refractivity contribution >= 4 is 22.4 Å². The summed E-state index contributed by atoms with van der Waals surface area (Å²) in [4.78, 5) is 15.5. The molecule has 0 radical (unpaired) electrons. The van der Waals surface area contributed by atoms with E-state index in [9.17, 15) is 4.79 Å². The number of carboxylic acid groups (broad SMARTS) is 1. The highest BCUT2D eigenvalue weighted by Gasteiger charge is 2.13. The van der Waals surface area contributed by atoms with Crippen LogP contribution in [0.5, 0.6) is 5.75 Å². The summed E-state index contributed by atoms with van der Waals surface area (Å²) >= 11 is 1.16. The van der Waals surface area contributed by atoms with Gasteiger partial charge in [0.25, 0.3) is 0 Å². The third-order valence-corrected chi connectivity index (χ3v) is 4.23. The van der Waals surface area contributed by atoms with Crippen LogP contribution in [0.3, 0.4) is 0 Å². The van der Waals surface area contributed by atoms with E-state index in [2.05, 4.69) is 17.2 Å². The lowest BCUT2D eigenvalue weighted by Gasteiger charge is -2.07. The summed E-state index contributed by atoms with van der Waals surface area (Å²) in [6.45, 7) is 5.17. The Morgan fingerprint density at radius 2 is 2.09 bits per heavy atom. The third-order valence-electron chi connectivity index (χ3n) is 3.12. The molecule has 1 heterocycles. The summed E-state index contributed by atoms with van der Waals surface area (Å²) in [7, 11) is 0. The molecule has 0 aliphatic heterocycles. The van der Waals surface area contributed by atoms with Crippen LogP contribution in [0.4, 0.5) is 5.13 Å². The molecule has 0 atom stereocenters. The molecule has 22 heavy (non-hydrogen) atoms. The van der Waals surface area contributed by atoms with Gasteiger partial charge in [-0.25, -0.2) is 9.78 Å². The Labute approximate surface area is 134 Å². The molecule has 0 amide bonds. The molecule has 0 unspecified atom stereocenters. The highest BCUT2D eigenvalue weighted by Crippen LogP contribution is 2.23. The number of aryl methyl sites for hydroxylation is 1. The summed E-state index contributed by atoms with van der Waals surface area (Å²) < 4.78 is 5.61. The maximum atomic E-state index is 11.0. The fraction of sp³-hybridized carbons (Fsp3) is 0.375. The van der Waals surface area contributed by atoms with E-state index in [1.165, 1.54) is 0 Å². The van der Waals surface area contributed by atoms with Gasteiger partial charge in [-0.3, -0.25) is 0 Å². The highest BCUT2D eigenvalue weighted by atomic mass is 32.1. The van der Waals surface area contributed by atoms with E-state index in [0.717, 1.165) is 42.1 Å². The minimum Gasteiger partial charge on any atom is -0.494 e. The number of ether oxygens (including phenoxy) is 1. The van der Waals surface area contributed by atoms with Gasteiger partial charge < -0.3 is 15.2 Å². The van der Waals surface area contributed by atoms with Crippen LogP contribution in [0.25, 0.3) is 0 Å². The molecule has 0 saturated heterocycles. The number of unbranched alkanes of at least 4 members (excludes halogenated alkanes) is 1. The predicted molar refractivity (Wildman–Crippen MR) is 88.0 cm³/mol. The van der Waals surface area contributed by atoms with Crippen LogP contribution < -0.4 is 10.1 Å². The number of hydrogen-bond donors (Lipinski definition) is 2. The van der Waals surface area contributed by atoms with Crippen LogP contribution in [0, 0.1) is 6.92 Å². The number of carbonyl (C=O) groups is 1. The van der Waals surface area contributed by atoms with Gasteiger partial charge in [-0.1, -0.05) is 36.8 Å². The number of thiazole rings is 1. The highest BCUT2D eigenvalue weighted by molar-refractivity contribution is 7.17. The topological polar surface area (TPSA) is 71.5 Å². The molecule has 5 nitrogen and oxygen atoms in total. The van der Waals surface area contributed by atoms with E-state index in [4.69, 9.17) is 9.84 Å². The molecule has 2 N–H and O–H groups in total. The maximum Gasteiger partial charge on any atom is 0.347 e. The van der Waals surface area contributed by atoms with E-state index in [1.54, 1.807) is 6.92 Å². The zero-order valence-corrected chi connectivity index (χ0v) is 13.6. The zero-order chi connectivity index (χ0) is 15.9. The van der Waals surface area contributed by atoms with Crippen molar-refractivity contribution in [3.05, 3.63) is 40.4 Å². The zero-order valence-electron chi connectivity index (χ0n) is 12.8. The quantitative estimate of drug-likeness (QED) is 0.721. The first-order valence-electron chi connectivity index (χ1n) is 7.26. The van der Waals surface area contributed by atoms with Crippen LogP contribution in [-0.4, -0.2) is 22.7 Å². The van der Waals surface area contributed by atoms with Crippen LogP contribution in [0.1, 0.15) is 40.7 Å². The van der Waals surface area contributed by atoms with E-state index < -0.39 is 5.97 Å². The van der Waals surface area contributed by atoms with Crippen LogP contribution in [0.15, 0.2) is 24.3 Å². The number of benzene rings is 1. The first-order chi connectivity index (χ1) is 10.6. The van der Waals surface area contributed by atoms with Gasteiger partial charge in [0.2, 0.25) is 0 Å². The molecular formula is C16H20N2O3S. The Morgan fingerprint density at radius 3 is 2.68 bits per heavy atom. The summed E-state index contributed by atoms with van der Waals surface area (Å²) in [5.41, 5.74) is 1.63. The Morgan fingerprint density at radius 1 is 1.36 bits per heavy atom. The van der Waals surface area contributed by atoms with Gasteiger partial charge in [-0.05, 0) is 31.0 Å². The number of anilines is 1. The number of aromatic nitrogens is 1. The molecule has 2 rings (SSSR count). The van der Waals surface area contributed by atoms with Gasteiger partial charge in [0.1, 0.15) is 10.6 Å². The van der Waals surface area contributed by atoms with Crippen LogP contribution in [-0.2, 0) is 6.54 Å². The van der Waals surface area contributed by atoms with Gasteiger partial charge in [-0.2, -0.15) is 0 Å². The Bertz CT molecular complexity index is 623. The molecule has 0 bridgehead atoms. The fourth-order valence-electron chi connectivity index (χ4n) is 1.89. The lowest BCUT2D eigenvalue weighted by atomic mass is 10.2. The van der Waals surface area contributed by atoms with E-state index in [0.29, 0.717) is 17.4 Å². The molecule has 1 aromatic heterocycles. The second-order valence-corrected chi connectivity index (χ2v) is 5.94. The smallest absolute Gasteiger partial charge is 0.347 e. The average Bonchev–Trinajstić information content (AvgIpc) is 2.88. The normalized spacial score (nSPS) is 10.5. The number of nitrogens with one attached hydrogen (secondary N) is 1. The standard InChI is InChI=1S/C16H20N2O3S/c1-3-4-9-21-13-7-5-12(6-8-13)10-17-16-18-11(2)14(22-16)15(19)20/h5-8H,3-4,9-10H2,1-2H3,(H,17,18)(H,19,20). The molecule has 0 spiro atoms. The minimum absolute atomic E-state index is 0.280. The predicted octanol–water partition coefficient (Wildman–Crippen LogP) is 3.94. The Balaban J connectivity index is 1.89. The van der Waals surface area contributed by atoms with E-state index >= 15 is 0 Å². The van der Waals surface area contributed by atoms with Crippen molar-refractivity contribution in [1.29, 1.82) is 0 Å². The minimum atomic E-state index is -0.934.